The number of hydrogen-bond acceptors (Lipinski definition) is 2. The Balaban J connectivity index is 2.03. The maximum atomic E-state index is 2.78. The minimum atomic E-state index is -2.06. The van der Waals surface area contributed by atoms with Gasteiger partial charge in [0.1, 0.15) is 0 Å². The summed E-state index contributed by atoms with van der Waals surface area (Å²) in [5, 5.41) is 0. The average molecular weight is 673 g/mol. The molecule has 0 aliphatic heterocycles. The molecule has 0 bridgehead atoms. The minimum absolute atomic E-state index is 0.832. The third-order valence-electron chi connectivity index (χ3n) is 6.56. The molecule has 0 aromatic carbocycles. The first-order valence-corrected chi connectivity index (χ1v) is 34.2. The molecule has 1 nitrogen and oxygen atoms in total. The number of nitrogens with zero attached hydrogens (tertiary/aromatic N) is 1. The van der Waals surface area contributed by atoms with Gasteiger partial charge in [-0.2, -0.15) is 0 Å². The fourth-order valence-electron chi connectivity index (χ4n) is 4.49. The number of aromatic nitrogens is 1. The molecular weight excluding hydrogens is 628 g/mol. The summed E-state index contributed by atoms with van der Waals surface area (Å²) in [6.45, 7) is 5.91. The zero-order valence-corrected chi connectivity index (χ0v) is 28.7. The van der Waals surface area contributed by atoms with E-state index in [0.717, 1.165) is 5.92 Å². The van der Waals surface area contributed by atoms with Crippen LogP contribution in [-0.2, 0) is 6.54 Å². The molecule has 0 fully saturated rings. The summed E-state index contributed by atoms with van der Waals surface area (Å²) in [6, 6.07) is 5.24. The molecule has 0 saturated heterocycles. The van der Waals surface area contributed by atoms with E-state index in [0.29, 0.717) is 0 Å². The first-order valence-electron chi connectivity index (χ1n) is 12.6. The Morgan fingerprint density at radius 3 is 1.65 bits per heavy atom. The first-order chi connectivity index (χ1) is 14.6. The summed E-state index contributed by atoms with van der Waals surface area (Å²) in [6.07, 6.45) is 11.1. The topological polar surface area (TPSA) is 4.93 Å². The van der Waals surface area contributed by atoms with Crippen molar-refractivity contribution >= 4 is 85.6 Å². The van der Waals surface area contributed by atoms with Crippen molar-refractivity contribution in [1.82, 2.24) is 4.57 Å². The number of thiophene rings is 2. The van der Waals surface area contributed by atoms with Gasteiger partial charge in [0, 0.05) is 0 Å². The van der Waals surface area contributed by atoms with Crippen LogP contribution in [0, 0.1) is 5.92 Å². The standard InChI is InChI=1S/C20H27NS2.6CH3.2Sn/c1-3-5-7-8-10-16(9-6-4-2)15-21-17-11-13-22-19(17)20-18(21)12-14-23-20;;;;;;;;/h11-12,16H,3-10,15H2,1-2H3;6*1H3;;. The molecule has 3 heterocycles. The van der Waals surface area contributed by atoms with E-state index in [2.05, 4.69) is 82.9 Å². The molecule has 0 N–H and O–H groups in total. The van der Waals surface area contributed by atoms with Crippen LogP contribution < -0.4 is 5.79 Å². The van der Waals surface area contributed by atoms with Gasteiger partial charge in [0.25, 0.3) is 0 Å². The van der Waals surface area contributed by atoms with Crippen molar-refractivity contribution in [2.24, 2.45) is 5.92 Å². The van der Waals surface area contributed by atoms with Gasteiger partial charge in [0.05, 0.1) is 0 Å². The molecule has 174 valence electrons. The summed E-state index contributed by atoms with van der Waals surface area (Å²) < 4.78 is 9.50. The summed E-state index contributed by atoms with van der Waals surface area (Å²) >= 11 is 0.179. The maximum absolute atomic E-state index is 2.78. The second-order valence-corrected chi connectivity index (χ2v) is 44.6. The molecule has 0 spiro atoms. The monoisotopic (exact) mass is 675 g/mol. The van der Waals surface area contributed by atoms with Crippen LogP contribution in [0.25, 0.3) is 20.4 Å². The fourth-order valence-corrected chi connectivity index (χ4v) is 17.3. The van der Waals surface area contributed by atoms with Crippen LogP contribution >= 0.6 is 22.7 Å². The van der Waals surface area contributed by atoms with Crippen LogP contribution in [0.1, 0.15) is 65.2 Å². The molecular formula is C26H45NS2Sn2. The predicted molar refractivity (Wildman–Crippen MR) is 153 cm³/mol. The van der Waals surface area contributed by atoms with Gasteiger partial charge in [-0.3, -0.25) is 0 Å². The Hall–Kier alpha value is 0.797. The van der Waals surface area contributed by atoms with Gasteiger partial charge in [-0.05, 0) is 0 Å². The summed E-state index contributed by atoms with van der Waals surface area (Å²) in [4.78, 5) is 15.4. The second kappa shape index (κ2) is 11.0. The van der Waals surface area contributed by atoms with Crippen LogP contribution in [0.5, 0.6) is 0 Å². The third-order valence-corrected chi connectivity index (χ3v) is 27.8. The second-order valence-electron chi connectivity index (χ2n) is 11.6. The van der Waals surface area contributed by atoms with E-state index in [-0.39, 0.29) is 0 Å². The molecule has 31 heavy (non-hydrogen) atoms. The van der Waals surface area contributed by atoms with Crippen molar-refractivity contribution < 1.29 is 0 Å². The van der Waals surface area contributed by atoms with Gasteiger partial charge in [0.15, 0.2) is 0 Å². The van der Waals surface area contributed by atoms with E-state index in [9.17, 15) is 0 Å². The fraction of sp³-hybridized carbons (Fsp3) is 0.692. The Labute approximate surface area is 207 Å². The van der Waals surface area contributed by atoms with Crippen LogP contribution in [-0.4, -0.2) is 41.3 Å². The average Bonchev–Trinajstić information content (AvgIpc) is 3.35. The van der Waals surface area contributed by atoms with Crippen molar-refractivity contribution in [2.45, 2.75) is 101 Å². The number of unbranched alkanes of at least 4 members (excludes halogenated alkanes) is 4. The number of fused-ring (bicyclic) bond motifs is 3. The van der Waals surface area contributed by atoms with E-state index in [4.69, 9.17) is 0 Å². The Kier molecular flexibility index (Phi) is 9.39. The van der Waals surface area contributed by atoms with Crippen LogP contribution in [0.4, 0.5) is 0 Å². The SMILES string of the molecule is CCCCCCC(CCCC)Cn1c2c[c]([Sn]([CH3])([CH3])[CH3])sc2c2s[c]([Sn]([CH3])([CH3])[CH3])cc21. The zero-order valence-electron chi connectivity index (χ0n) is 21.4. The molecule has 3 aromatic rings. The number of rotatable bonds is 12. The van der Waals surface area contributed by atoms with Crippen LogP contribution in [0.3, 0.4) is 0 Å². The van der Waals surface area contributed by atoms with Gasteiger partial charge in [-0.1, -0.05) is 0 Å². The summed E-state index contributed by atoms with van der Waals surface area (Å²) in [7, 11) is 0. The molecule has 0 radical (unpaired) electrons. The molecule has 0 aliphatic carbocycles. The van der Waals surface area contributed by atoms with Gasteiger partial charge < -0.3 is 0 Å². The third kappa shape index (κ3) is 6.48. The predicted octanol–water partition coefficient (Wildman–Crippen LogP) is 8.78. The van der Waals surface area contributed by atoms with Crippen molar-refractivity contribution in [1.29, 1.82) is 0 Å². The van der Waals surface area contributed by atoms with Gasteiger partial charge in [-0.15, -0.1) is 0 Å². The van der Waals surface area contributed by atoms with E-state index < -0.39 is 36.8 Å². The van der Waals surface area contributed by atoms with Crippen molar-refractivity contribution in [2.75, 3.05) is 0 Å². The quantitative estimate of drug-likeness (QED) is 0.134. The van der Waals surface area contributed by atoms with Crippen LogP contribution in [0.2, 0.25) is 29.6 Å². The van der Waals surface area contributed by atoms with Crippen LogP contribution in [0.15, 0.2) is 12.1 Å². The van der Waals surface area contributed by atoms with E-state index >= 15 is 0 Å². The molecule has 3 aromatic heterocycles. The normalized spacial score (nSPS) is 14.2. The molecule has 1 atom stereocenters. The molecule has 3 rings (SSSR count). The van der Waals surface area contributed by atoms with Gasteiger partial charge in [0.2, 0.25) is 0 Å². The Bertz CT molecular complexity index is 915. The van der Waals surface area contributed by atoms with Crippen molar-refractivity contribution in [3.8, 4) is 0 Å². The van der Waals surface area contributed by atoms with E-state index in [1.54, 1.807) is 26.2 Å². The van der Waals surface area contributed by atoms with Crippen molar-refractivity contribution in [3.63, 3.8) is 0 Å². The van der Waals surface area contributed by atoms with Gasteiger partial charge in [-0.25, -0.2) is 0 Å². The Morgan fingerprint density at radius 1 is 0.710 bits per heavy atom. The molecule has 5 heteroatoms. The number of hydrogen-bond donors (Lipinski definition) is 0. The Morgan fingerprint density at radius 2 is 1.19 bits per heavy atom. The van der Waals surface area contributed by atoms with E-state index in [1.807, 2.05) is 0 Å². The first kappa shape index (κ1) is 26.4. The summed E-state index contributed by atoms with van der Waals surface area (Å²) in [5.74, 6) is 0.832. The van der Waals surface area contributed by atoms with Gasteiger partial charge >= 0.3 is 210 Å². The molecule has 0 aliphatic rings. The van der Waals surface area contributed by atoms with Crippen molar-refractivity contribution in [3.05, 3.63) is 12.1 Å². The molecule has 0 saturated carbocycles. The molecule has 1 unspecified atom stereocenters. The summed E-state index contributed by atoms with van der Waals surface area (Å²) in [5.41, 5.74) is 3.14. The molecule has 0 amide bonds. The zero-order chi connectivity index (χ0) is 22.8. The van der Waals surface area contributed by atoms with E-state index in [1.165, 1.54) is 57.9 Å².